The maximum absolute atomic E-state index is 13.0. The van der Waals surface area contributed by atoms with E-state index in [1.54, 1.807) is 32.2 Å². The van der Waals surface area contributed by atoms with Crippen LogP contribution < -0.4 is 4.74 Å². The van der Waals surface area contributed by atoms with E-state index in [2.05, 4.69) is 15.9 Å². The highest BCUT2D eigenvalue weighted by Gasteiger charge is 2.32. The molecule has 3 aromatic rings. The third-order valence-corrected chi connectivity index (χ3v) is 4.32. The smallest absolute Gasteiger partial charge is 0.274 e. The van der Waals surface area contributed by atoms with Crippen molar-refractivity contribution in [3.05, 3.63) is 64.8 Å². The Kier molecular flexibility index (Phi) is 4.28. The molecular weight excluding hydrogens is 370 g/mol. The zero-order valence-electron chi connectivity index (χ0n) is 13.3. The average molecular weight is 386 g/mol. The molecule has 0 aliphatic heterocycles. The molecule has 0 unspecified atom stereocenters. The van der Waals surface area contributed by atoms with E-state index in [9.17, 15) is 9.59 Å². The van der Waals surface area contributed by atoms with Crippen LogP contribution in [0.2, 0.25) is 0 Å². The fraction of sp³-hybridized carbons (Fsp3) is 0.158. The van der Waals surface area contributed by atoms with Gasteiger partial charge in [-0.25, -0.2) is 0 Å². The maximum Gasteiger partial charge on any atom is 0.274 e. The van der Waals surface area contributed by atoms with Crippen molar-refractivity contribution in [2.45, 2.75) is 19.4 Å². The SMILES string of the molecule is CC(C)(Oc1ccc(Br)cc1)C(=O)n1cc(C=O)c2ccccc21. The van der Waals surface area contributed by atoms with Crippen molar-refractivity contribution in [2.24, 2.45) is 0 Å². The van der Waals surface area contributed by atoms with Gasteiger partial charge >= 0.3 is 0 Å². The Labute approximate surface area is 148 Å². The van der Waals surface area contributed by atoms with Crippen LogP contribution in [0.5, 0.6) is 5.75 Å². The van der Waals surface area contributed by atoms with Gasteiger partial charge in [0.25, 0.3) is 5.91 Å². The van der Waals surface area contributed by atoms with Crippen molar-refractivity contribution in [3.8, 4) is 5.75 Å². The first-order valence-electron chi connectivity index (χ1n) is 7.47. The normalized spacial score (nSPS) is 11.5. The minimum atomic E-state index is -1.09. The number of hydrogen-bond acceptors (Lipinski definition) is 3. The van der Waals surface area contributed by atoms with Crippen LogP contribution in [0.1, 0.15) is 29.0 Å². The Bertz CT molecular complexity index is 910. The van der Waals surface area contributed by atoms with Crippen LogP contribution in [0.15, 0.2) is 59.2 Å². The van der Waals surface area contributed by atoms with Crippen LogP contribution in [0.25, 0.3) is 10.9 Å². The number of carbonyl (C=O) groups is 2. The number of ether oxygens (including phenoxy) is 1. The molecule has 2 aromatic carbocycles. The predicted octanol–water partition coefficient (Wildman–Crippen LogP) is 4.71. The molecule has 4 nitrogen and oxygen atoms in total. The van der Waals surface area contributed by atoms with E-state index in [1.807, 2.05) is 36.4 Å². The van der Waals surface area contributed by atoms with Gasteiger partial charge in [0.15, 0.2) is 11.9 Å². The number of halogens is 1. The van der Waals surface area contributed by atoms with Gasteiger partial charge < -0.3 is 4.74 Å². The molecule has 0 aliphatic rings. The summed E-state index contributed by atoms with van der Waals surface area (Å²) >= 11 is 3.37. The minimum absolute atomic E-state index is 0.241. The quantitative estimate of drug-likeness (QED) is 0.610. The summed E-state index contributed by atoms with van der Waals surface area (Å²) in [7, 11) is 0. The van der Waals surface area contributed by atoms with E-state index in [-0.39, 0.29) is 5.91 Å². The summed E-state index contributed by atoms with van der Waals surface area (Å²) < 4.78 is 8.31. The first kappa shape index (κ1) is 16.5. The molecule has 24 heavy (non-hydrogen) atoms. The van der Waals surface area contributed by atoms with Gasteiger partial charge in [0, 0.05) is 21.6 Å². The highest BCUT2D eigenvalue weighted by molar-refractivity contribution is 9.10. The van der Waals surface area contributed by atoms with E-state index in [0.29, 0.717) is 16.8 Å². The Hall–Kier alpha value is -2.40. The van der Waals surface area contributed by atoms with Crippen LogP contribution >= 0.6 is 15.9 Å². The van der Waals surface area contributed by atoms with E-state index in [0.717, 1.165) is 16.1 Å². The number of rotatable bonds is 4. The summed E-state index contributed by atoms with van der Waals surface area (Å²) in [6.07, 6.45) is 2.32. The van der Waals surface area contributed by atoms with Crippen molar-refractivity contribution < 1.29 is 14.3 Å². The molecule has 0 fully saturated rings. The monoisotopic (exact) mass is 385 g/mol. The minimum Gasteiger partial charge on any atom is -0.478 e. The van der Waals surface area contributed by atoms with Crippen molar-refractivity contribution in [1.29, 1.82) is 0 Å². The summed E-state index contributed by atoms with van der Waals surface area (Å²) in [5.74, 6) is 0.360. The van der Waals surface area contributed by atoms with Crippen LogP contribution in [-0.4, -0.2) is 22.4 Å². The maximum atomic E-state index is 13.0. The molecular formula is C19H16BrNO3. The zero-order chi connectivity index (χ0) is 17.3. The number of aldehydes is 1. The molecule has 0 spiro atoms. The highest BCUT2D eigenvalue weighted by Crippen LogP contribution is 2.26. The number of fused-ring (bicyclic) bond motifs is 1. The van der Waals surface area contributed by atoms with Gasteiger partial charge in [-0.3, -0.25) is 14.2 Å². The van der Waals surface area contributed by atoms with Gasteiger partial charge in [0.1, 0.15) is 5.75 Å². The van der Waals surface area contributed by atoms with Crippen LogP contribution in [-0.2, 0) is 0 Å². The number of benzene rings is 2. The molecule has 1 aromatic heterocycles. The Morgan fingerprint density at radius 1 is 1.12 bits per heavy atom. The van der Waals surface area contributed by atoms with Crippen molar-refractivity contribution in [1.82, 2.24) is 4.57 Å². The van der Waals surface area contributed by atoms with Crippen LogP contribution in [0.4, 0.5) is 0 Å². The lowest BCUT2D eigenvalue weighted by atomic mass is 10.1. The summed E-state index contributed by atoms with van der Waals surface area (Å²) in [5, 5.41) is 0.750. The number of para-hydroxylation sites is 1. The lowest BCUT2D eigenvalue weighted by Gasteiger charge is -2.25. The van der Waals surface area contributed by atoms with E-state index in [1.165, 1.54) is 4.57 Å². The fourth-order valence-electron chi connectivity index (χ4n) is 2.60. The molecule has 0 amide bonds. The second-order valence-corrected chi connectivity index (χ2v) is 6.88. The lowest BCUT2D eigenvalue weighted by Crippen LogP contribution is -2.41. The van der Waals surface area contributed by atoms with Gasteiger partial charge in [0.05, 0.1) is 5.52 Å². The second kappa shape index (κ2) is 6.24. The van der Waals surface area contributed by atoms with E-state index >= 15 is 0 Å². The average Bonchev–Trinajstić information content (AvgIpc) is 2.95. The first-order valence-corrected chi connectivity index (χ1v) is 8.26. The van der Waals surface area contributed by atoms with E-state index < -0.39 is 5.60 Å². The van der Waals surface area contributed by atoms with Gasteiger partial charge in [-0.1, -0.05) is 34.1 Å². The fourth-order valence-corrected chi connectivity index (χ4v) is 2.86. The van der Waals surface area contributed by atoms with Gasteiger partial charge in [-0.2, -0.15) is 0 Å². The molecule has 0 radical (unpaired) electrons. The molecule has 0 aliphatic carbocycles. The van der Waals surface area contributed by atoms with Crippen LogP contribution in [0, 0.1) is 0 Å². The topological polar surface area (TPSA) is 48.3 Å². The van der Waals surface area contributed by atoms with E-state index in [4.69, 9.17) is 4.74 Å². The first-order chi connectivity index (χ1) is 11.4. The lowest BCUT2D eigenvalue weighted by molar-refractivity contribution is 0.0494. The molecule has 122 valence electrons. The third kappa shape index (κ3) is 2.99. The Morgan fingerprint density at radius 3 is 2.46 bits per heavy atom. The second-order valence-electron chi connectivity index (χ2n) is 5.96. The van der Waals surface area contributed by atoms with Crippen LogP contribution in [0.3, 0.4) is 0 Å². The third-order valence-electron chi connectivity index (χ3n) is 3.79. The molecule has 0 N–H and O–H groups in total. The van der Waals surface area contributed by atoms with Crippen molar-refractivity contribution in [2.75, 3.05) is 0 Å². The summed E-state index contributed by atoms with van der Waals surface area (Å²) in [4.78, 5) is 24.3. The van der Waals surface area contributed by atoms with Crippen molar-refractivity contribution in [3.63, 3.8) is 0 Å². The largest absolute Gasteiger partial charge is 0.478 e. The van der Waals surface area contributed by atoms with Crippen molar-refractivity contribution >= 4 is 39.0 Å². The molecule has 3 rings (SSSR count). The zero-order valence-corrected chi connectivity index (χ0v) is 14.9. The Morgan fingerprint density at radius 2 is 1.79 bits per heavy atom. The summed E-state index contributed by atoms with van der Waals surface area (Å²) in [6, 6.07) is 14.6. The predicted molar refractivity (Wildman–Crippen MR) is 96.8 cm³/mol. The molecule has 1 heterocycles. The molecule has 0 saturated carbocycles. The standard InChI is InChI=1S/C19H16BrNO3/c1-19(2,24-15-9-7-14(20)8-10-15)18(23)21-11-13(12-22)16-5-3-4-6-17(16)21/h3-12H,1-2H3. The number of nitrogens with zero attached hydrogens (tertiary/aromatic N) is 1. The Balaban J connectivity index is 1.98. The summed E-state index contributed by atoms with van der Waals surface area (Å²) in [6.45, 7) is 3.43. The number of hydrogen-bond donors (Lipinski definition) is 0. The van der Waals surface area contributed by atoms with Gasteiger partial charge in [0.2, 0.25) is 0 Å². The molecule has 0 bridgehead atoms. The summed E-state index contributed by atoms with van der Waals surface area (Å²) in [5.41, 5.74) is 0.0888. The number of carbonyl (C=O) groups excluding carboxylic acids is 2. The molecule has 0 saturated heterocycles. The molecule has 5 heteroatoms. The van der Waals surface area contributed by atoms with Gasteiger partial charge in [-0.15, -0.1) is 0 Å². The highest BCUT2D eigenvalue weighted by atomic mass is 79.9. The molecule has 0 atom stereocenters. The van der Waals surface area contributed by atoms with Gasteiger partial charge in [-0.05, 0) is 44.2 Å². The number of aromatic nitrogens is 1.